The number of hydrogen-bond acceptors (Lipinski definition) is 3. The molecular formula is C19H24FN3O2. The number of aliphatic hydroxyl groups is 1. The van der Waals surface area contributed by atoms with Gasteiger partial charge in [0.25, 0.3) is 5.91 Å². The van der Waals surface area contributed by atoms with Crippen molar-refractivity contribution in [2.75, 3.05) is 6.54 Å². The number of aliphatic hydroxyl groups excluding tert-OH is 1. The van der Waals surface area contributed by atoms with E-state index in [1.807, 2.05) is 19.9 Å². The Labute approximate surface area is 146 Å². The van der Waals surface area contributed by atoms with E-state index in [9.17, 15) is 14.3 Å². The first-order chi connectivity index (χ1) is 11.9. The van der Waals surface area contributed by atoms with Gasteiger partial charge in [0.05, 0.1) is 11.8 Å². The summed E-state index contributed by atoms with van der Waals surface area (Å²) in [7, 11) is 0. The molecule has 3 rings (SSSR count). The maximum absolute atomic E-state index is 14.5. The lowest BCUT2D eigenvalue weighted by molar-refractivity contribution is 0.0873. The summed E-state index contributed by atoms with van der Waals surface area (Å²) < 4.78 is 16.0. The quantitative estimate of drug-likeness (QED) is 0.895. The smallest absolute Gasteiger partial charge is 0.251 e. The Kier molecular flexibility index (Phi) is 5.18. The third-order valence-electron chi connectivity index (χ3n) is 4.75. The van der Waals surface area contributed by atoms with E-state index in [2.05, 4.69) is 10.4 Å². The number of rotatable bonds is 4. The molecular weight excluding hydrogens is 321 g/mol. The van der Waals surface area contributed by atoms with E-state index in [0.29, 0.717) is 24.2 Å². The van der Waals surface area contributed by atoms with Gasteiger partial charge in [-0.2, -0.15) is 5.10 Å². The lowest BCUT2D eigenvalue weighted by Gasteiger charge is -2.25. The first-order valence-corrected chi connectivity index (χ1v) is 8.73. The summed E-state index contributed by atoms with van der Waals surface area (Å²) in [6, 6.07) is 6.31. The number of carbonyl (C=O) groups excluding carboxylic acids is 1. The molecule has 25 heavy (non-hydrogen) atoms. The van der Waals surface area contributed by atoms with Crippen LogP contribution in [0.15, 0.2) is 24.3 Å². The van der Waals surface area contributed by atoms with Gasteiger partial charge in [0, 0.05) is 17.8 Å². The average Bonchev–Trinajstić information content (AvgIpc) is 2.91. The number of carbonyl (C=O) groups is 1. The molecule has 5 nitrogen and oxygen atoms in total. The van der Waals surface area contributed by atoms with Crippen LogP contribution >= 0.6 is 0 Å². The second kappa shape index (κ2) is 7.35. The van der Waals surface area contributed by atoms with E-state index in [1.165, 1.54) is 10.7 Å². The van der Waals surface area contributed by atoms with Crippen LogP contribution in [0.3, 0.4) is 0 Å². The highest BCUT2D eigenvalue weighted by molar-refractivity contribution is 5.94. The molecule has 2 atom stereocenters. The zero-order valence-electron chi connectivity index (χ0n) is 14.6. The van der Waals surface area contributed by atoms with Gasteiger partial charge >= 0.3 is 0 Å². The highest BCUT2D eigenvalue weighted by Gasteiger charge is 2.21. The number of aryl methyl sites for hydroxylation is 2. The van der Waals surface area contributed by atoms with Crippen molar-refractivity contribution in [2.24, 2.45) is 5.92 Å². The molecule has 1 heterocycles. The summed E-state index contributed by atoms with van der Waals surface area (Å²) in [5.41, 5.74) is 2.27. The molecule has 1 fully saturated rings. The Morgan fingerprint density at radius 3 is 2.80 bits per heavy atom. The van der Waals surface area contributed by atoms with E-state index < -0.39 is 5.82 Å². The van der Waals surface area contributed by atoms with Crippen LogP contribution in [-0.4, -0.2) is 33.4 Å². The van der Waals surface area contributed by atoms with Crippen LogP contribution in [0, 0.1) is 25.6 Å². The predicted octanol–water partition coefficient (Wildman–Crippen LogP) is 2.91. The monoisotopic (exact) mass is 345 g/mol. The molecule has 2 N–H and O–H groups in total. The highest BCUT2D eigenvalue weighted by Crippen LogP contribution is 2.23. The number of nitrogens with zero attached hydrogens (tertiary/aromatic N) is 2. The first kappa shape index (κ1) is 17.6. The summed E-state index contributed by atoms with van der Waals surface area (Å²) in [6.45, 7) is 4.22. The number of benzene rings is 1. The maximum atomic E-state index is 14.5. The Hall–Kier alpha value is -2.21. The molecule has 0 spiro atoms. The largest absolute Gasteiger partial charge is 0.393 e. The molecule has 2 aromatic rings. The molecule has 134 valence electrons. The number of amides is 1. The van der Waals surface area contributed by atoms with Gasteiger partial charge in [-0.25, -0.2) is 9.07 Å². The van der Waals surface area contributed by atoms with Gasteiger partial charge < -0.3 is 10.4 Å². The lowest BCUT2D eigenvalue weighted by atomic mass is 9.87. The van der Waals surface area contributed by atoms with Crippen molar-refractivity contribution in [1.29, 1.82) is 0 Å². The van der Waals surface area contributed by atoms with E-state index in [0.717, 1.165) is 30.7 Å². The molecule has 1 aromatic heterocycles. The third-order valence-corrected chi connectivity index (χ3v) is 4.75. The van der Waals surface area contributed by atoms with Crippen LogP contribution in [0.2, 0.25) is 0 Å². The molecule has 1 aliphatic rings. The Balaban J connectivity index is 1.67. The fourth-order valence-electron chi connectivity index (χ4n) is 3.48. The van der Waals surface area contributed by atoms with Gasteiger partial charge in [0.1, 0.15) is 11.5 Å². The minimum atomic E-state index is -0.480. The van der Waals surface area contributed by atoms with Crippen molar-refractivity contribution in [2.45, 2.75) is 45.6 Å². The van der Waals surface area contributed by atoms with Gasteiger partial charge in [0.15, 0.2) is 0 Å². The molecule has 6 heteroatoms. The van der Waals surface area contributed by atoms with Crippen molar-refractivity contribution in [1.82, 2.24) is 15.1 Å². The predicted molar refractivity (Wildman–Crippen MR) is 93.3 cm³/mol. The van der Waals surface area contributed by atoms with E-state index in [4.69, 9.17) is 0 Å². The van der Waals surface area contributed by atoms with Crippen LogP contribution in [0.1, 0.15) is 47.4 Å². The Bertz CT molecular complexity index is 772. The third kappa shape index (κ3) is 4.07. The minimum absolute atomic E-state index is 0.270. The lowest BCUT2D eigenvalue weighted by Crippen LogP contribution is -2.33. The van der Waals surface area contributed by atoms with Crippen molar-refractivity contribution in [3.8, 4) is 5.69 Å². The Morgan fingerprint density at radius 1 is 1.36 bits per heavy atom. The molecule has 1 aromatic carbocycles. The van der Waals surface area contributed by atoms with Crippen molar-refractivity contribution < 1.29 is 14.3 Å². The molecule has 0 radical (unpaired) electrons. The normalized spacial score (nSPS) is 20.5. The molecule has 1 amide bonds. The van der Waals surface area contributed by atoms with Crippen molar-refractivity contribution in [3.05, 3.63) is 47.0 Å². The number of hydrogen-bond donors (Lipinski definition) is 2. The maximum Gasteiger partial charge on any atom is 0.251 e. The van der Waals surface area contributed by atoms with E-state index >= 15 is 0 Å². The standard InChI is InChI=1S/C19H24FN3O2/c1-12-8-13(2)23(22-12)18-7-6-15(10-17(18)20)19(25)21-11-14-4-3-5-16(24)9-14/h6-8,10,14,16,24H,3-5,9,11H2,1-2H3,(H,21,25). The highest BCUT2D eigenvalue weighted by atomic mass is 19.1. The zero-order chi connectivity index (χ0) is 18.0. The topological polar surface area (TPSA) is 67.2 Å². The molecule has 1 aliphatic carbocycles. The average molecular weight is 345 g/mol. The van der Waals surface area contributed by atoms with Crippen molar-refractivity contribution >= 4 is 5.91 Å². The number of halogens is 1. The van der Waals surface area contributed by atoms with Crippen LogP contribution < -0.4 is 5.32 Å². The summed E-state index contributed by atoms with van der Waals surface area (Å²) in [6.07, 6.45) is 3.26. The van der Waals surface area contributed by atoms with Crippen LogP contribution in [0.4, 0.5) is 4.39 Å². The second-order valence-corrected chi connectivity index (χ2v) is 6.90. The summed E-state index contributed by atoms with van der Waals surface area (Å²) >= 11 is 0. The molecule has 0 aliphatic heterocycles. The van der Waals surface area contributed by atoms with E-state index in [1.54, 1.807) is 12.1 Å². The van der Waals surface area contributed by atoms with Gasteiger partial charge in [0.2, 0.25) is 0 Å². The summed E-state index contributed by atoms with van der Waals surface area (Å²) in [5.74, 6) is -0.489. The second-order valence-electron chi connectivity index (χ2n) is 6.90. The van der Waals surface area contributed by atoms with Crippen LogP contribution in [0.25, 0.3) is 5.69 Å². The fraction of sp³-hybridized carbons (Fsp3) is 0.474. The van der Waals surface area contributed by atoms with E-state index in [-0.39, 0.29) is 17.9 Å². The SMILES string of the molecule is Cc1cc(C)n(-c2ccc(C(=O)NCC3CCCC(O)C3)cc2F)n1. The molecule has 2 unspecified atom stereocenters. The summed E-state index contributed by atoms with van der Waals surface area (Å²) in [4.78, 5) is 12.3. The molecule has 0 bridgehead atoms. The Morgan fingerprint density at radius 2 is 2.16 bits per heavy atom. The van der Waals surface area contributed by atoms with Crippen LogP contribution in [0.5, 0.6) is 0 Å². The van der Waals surface area contributed by atoms with Crippen LogP contribution in [-0.2, 0) is 0 Å². The molecule has 0 saturated heterocycles. The number of nitrogens with one attached hydrogen (secondary N) is 1. The van der Waals surface area contributed by atoms with Gasteiger partial charge in [-0.1, -0.05) is 6.42 Å². The van der Waals surface area contributed by atoms with Crippen molar-refractivity contribution in [3.63, 3.8) is 0 Å². The van der Waals surface area contributed by atoms with Gasteiger partial charge in [-0.15, -0.1) is 0 Å². The first-order valence-electron chi connectivity index (χ1n) is 8.73. The van der Waals surface area contributed by atoms with Gasteiger partial charge in [-0.3, -0.25) is 4.79 Å². The summed E-state index contributed by atoms with van der Waals surface area (Å²) in [5, 5.41) is 16.8. The minimum Gasteiger partial charge on any atom is -0.393 e. The van der Waals surface area contributed by atoms with Gasteiger partial charge in [-0.05, 0) is 63.3 Å². The fourth-order valence-corrected chi connectivity index (χ4v) is 3.48. The molecule has 1 saturated carbocycles. The number of aromatic nitrogens is 2. The zero-order valence-corrected chi connectivity index (χ0v) is 14.6.